The lowest BCUT2D eigenvalue weighted by molar-refractivity contribution is -0.139. The average molecular weight is 419 g/mol. The zero-order valence-electron chi connectivity index (χ0n) is 17.1. The average Bonchev–Trinajstić information content (AvgIpc) is 3.33. The second kappa shape index (κ2) is 8.02. The van der Waals surface area contributed by atoms with Crippen LogP contribution in [0.15, 0.2) is 59.1 Å². The minimum absolute atomic E-state index is 0.0331. The third-order valence-corrected chi connectivity index (χ3v) is 5.12. The molecule has 0 aliphatic carbocycles. The Hall–Kier alpha value is -4.01. The minimum atomic E-state index is -1.25. The van der Waals surface area contributed by atoms with Crippen molar-refractivity contribution in [3.8, 4) is 11.4 Å². The highest BCUT2D eigenvalue weighted by Gasteiger charge is 2.49. The zero-order chi connectivity index (χ0) is 22.0. The van der Waals surface area contributed by atoms with E-state index in [1.807, 2.05) is 37.3 Å². The summed E-state index contributed by atoms with van der Waals surface area (Å²) < 4.78 is 5.20. The van der Waals surface area contributed by atoms with Gasteiger partial charge in [-0.05, 0) is 19.4 Å². The van der Waals surface area contributed by atoms with Gasteiger partial charge >= 0.3 is 6.03 Å². The number of nitrogens with one attached hydrogen (secondary N) is 2. The lowest BCUT2D eigenvalue weighted by Crippen LogP contribution is -2.48. The molecule has 1 aliphatic rings. The highest BCUT2D eigenvalue weighted by molar-refractivity contribution is 6.08. The number of nitrogens with zero attached hydrogens (tertiary/aromatic N) is 3. The minimum Gasteiger partial charge on any atom is -0.339 e. The molecule has 1 saturated heterocycles. The number of urea groups is 1. The van der Waals surface area contributed by atoms with E-state index in [4.69, 9.17) is 4.52 Å². The first-order valence-corrected chi connectivity index (χ1v) is 9.78. The van der Waals surface area contributed by atoms with Crippen molar-refractivity contribution in [3.63, 3.8) is 0 Å². The van der Waals surface area contributed by atoms with Crippen molar-refractivity contribution in [2.45, 2.75) is 32.2 Å². The molecular formula is C22H21N5O4. The van der Waals surface area contributed by atoms with E-state index in [9.17, 15) is 14.4 Å². The van der Waals surface area contributed by atoms with Gasteiger partial charge in [0, 0.05) is 18.4 Å². The molecule has 2 heterocycles. The number of imide groups is 1. The van der Waals surface area contributed by atoms with Gasteiger partial charge in [0.05, 0.1) is 0 Å². The molecule has 2 N–H and O–H groups in total. The van der Waals surface area contributed by atoms with Crippen LogP contribution in [0.25, 0.3) is 11.4 Å². The van der Waals surface area contributed by atoms with Crippen molar-refractivity contribution in [3.05, 3.63) is 71.6 Å². The molecule has 9 nitrogen and oxygen atoms in total. The first kappa shape index (κ1) is 20.3. The number of rotatable bonds is 6. The van der Waals surface area contributed by atoms with Crippen LogP contribution < -0.4 is 10.7 Å². The highest BCUT2D eigenvalue weighted by Crippen LogP contribution is 2.27. The van der Waals surface area contributed by atoms with E-state index in [1.54, 1.807) is 31.2 Å². The Morgan fingerprint density at radius 2 is 1.84 bits per heavy atom. The normalized spacial score (nSPS) is 18.2. The fourth-order valence-corrected chi connectivity index (χ4v) is 3.29. The number of carbonyl (C=O) groups is 3. The maximum Gasteiger partial charge on any atom is 0.344 e. The zero-order valence-corrected chi connectivity index (χ0v) is 17.1. The van der Waals surface area contributed by atoms with Crippen LogP contribution in [0.2, 0.25) is 0 Å². The van der Waals surface area contributed by atoms with Gasteiger partial charge in [0.15, 0.2) is 0 Å². The van der Waals surface area contributed by atoms with Gasteiger partial charge in [0.2, 0.25) is 17.6 Å². The van der Waals surface area contributed by atoms with Crippen LogP contribution in [0.5, 0.6) is 0 Å². The summed E-state index contributed by atoms with van der Waals surface area (Å²) in [7, 11) is 0. The molecule has 4 rings (SSSR count). The van der Waals surface area contributed by atoms with E-state index in [0.717, 1.165) is 11.1 Å². The van der Waals surface area contributed by atoms with E-state index in [2.05, 4.69) is 20.9 Å². The van der Waals surface area contributed by atoms with Crippen molar-refractivity contribution in [2.75, 3.05) is 0 Å². The highest BCUT2D eigenvalue weighted by atomic mass is 16.5. The van der Waals surface area contributed by atoms with Gasteiger partial charge in [-0.3, -0.25) is 15.0 Å². The molecule has 1 aliphatic heterocycles. The number of amides is 4. The van der Waals surface area contributed by atoms with Gasteiger partial charge in [-0.25, -0.2) is 4.79 Å². The Kier molecular flexibility index (Phi) is 5.24. The molecule has 0 spiro atoms. The molecule has 1 fully saturated rings. The second-order valence-electron chi connectivity index (χ2n) is 7.47. The molecule has 31 heavy (non-hydrogen) atoms. The molecule has 0 radical (unpaired) electrons. The largest absolute Gasteiger partial charge is 0.344 e. The summed E-state index contributed by atoms with van der Waals surface area (Å²) in [6.07, 6.45) is 0.138. The van der Waals surface area contributed by atoms with Crippen LogP contribution in [0.1, 0.15) is 30.4 Å². The van der Waals surface area contributed by atoms with Crippen molar-refractivity contribution < 1.29 is 18.9 Å². The first-order chi connectivity index (χ1) is 14.9. The Morgan fingerprint density at radius 3 is 2.55 bits per heavy atom. The van der Waals surface area contributed by atoms with Gasteiger partial charge in [-0.15, -0.1) is 0 Å². The number of hydrogen-bond donors (Lipinski definition) is 2. The maximum absolute atomic E-state index is 12.8. The molecule has 4 amide bonds. The van der Waals surface area contributed by atoms with Crippen LogP contribution >= 0.6 is 0 Å². The van der Waals surface area contributed by atoms with Crippen molar-refractivity contribution >= 4 is 17.8 Å². The van der Waals surface area contributed by atoms with Crippen molar-refractivity contribution in [1.29, 1.82) is 0 Å². The number of hydrogen-bond acceptors (Lipinski definition) is 6. The van der Waals surface area contributed by atoms with E-state index in [-0.39, 0.29) is 18.7 Å². The monoisotopic (exact) mass is 419 g/mol. The van der Waals surface area contributed by atoms with Gasteiger partial charge in [-0.1, -0.05) is 65.3 Å². The topological polar surface area (TPSA) is 117 Å². The Morgan fingerprint density at radius 1 is 1.13 bits per heavy atom. The molecule has 0 bridgehead atoms. The van der Waals surface area contributed by atoms with E-state index in [1.165, 1.54) is 0 Å². The predicted molar refractivity (Wildman–Crippen MR) is 110 cm³/mol. The van der Waals surface area contributed by atoms with E-state index >= 15 is 0 Å². The summed E-state index contributed by atoms with van der Waals surface area (Å²) in [5.74, 6) is -0.354. The molecule has 1 atom stereocenters. The van der Waals surface area contributed by atoms with Gasteiger partial charge in [0.25, 0.3) is 5.91 Å². The second-order valence-corrected chi connectivity index (χ2v) is 7.47. The van der Waals surface area contributed by atoms with Crippen molar-refractivity contribution in [2.24, 2.45) is 0 Å². The summed E-state index contributed by atoms with van der Waals surface area (Å²) in [5, 5.41) is 7.27. The van der Waals surface area contributed by atoms with Crippen LogP contribution in [0.3, 0.4) is 0 Å². The van der Waals surface area contributed by atoms with Crippen molar-refractivity contribution in [1.82, 2.24) is 25.9 Å². The number of aryl methyl sites for hydroxylation is 2. The Bertz CT molecular complexity index is 1130. The van der Waals surface area contributed by atoms with Gasteiger partial charge < -0.3 is 9.84 Å². The number of carbonyl (C=O) groups excluding carboxylic acids is 3. The predicted octanol–water partition coefficient (Wildman–Crippen LogP) is 2.48. The molecule has 0 saturated carbocycles. The van der Waals surface area contributed by atoms with Gasteiger partial charge in [-0.2, -0.15) is 9.99 Å². The number of hydrazine groups is 1. The standard InChI is InChI=1S/C22H21N5O4/c1-14-8-10-15(11-9-14)19-23-18(31-26-19)13-12-17(28)25-27-20(29)22(2,24-21(27)30)16-6-4-3-5-7-16/h3-11H,12-13H2,1-2H3,(H,24,30)(H,25,28)/t22-/m0/s1. The number of benzene rings is 2. The third kappa shape index (κ3) is 4.02. The molecule has 158 valence electrons. The van der Waals surface area contributed by atoms with E-state index < -0.39 is 23.4 Å². The summed E-state index contributed by atoms with van der Waals surface area (Å²) in [4.78, 5) is 41.8. The summed E-state index contributed by atoms with van der Waals surface area (Å²) in [6.45, 7) is 3.58. The first-order valence-electron chi connectivity index (χ1n) is 9.78. The SMILES string of the molecule is Cc1ccc(-c2noc(CCC(=O)NN3C(=O)N[C@@](C)(c4ccccc4)C3=O)n2)cc1. The fourth-order valence-electron chi connectivity index (χ4n) is 3.29. The molecule has 2 aromatic carbocycles. The molecule has 9 heteroatoms. The lowest BCUT2D eigenvalue weighted by atomic mass is 9.92. The molecule has 3 aromatic rings. The van der Waals surface area contributed by atoms with Gasteiger partial charge in [0.1, 0.15) is 5.54 Å². The Balaban J connectivity index is 1.37. The summed E-state index contributed by atoms with van der Waals surface area (Å²) in [6, 6.07) is 15.8. The van der Waals surface area contributed by atoms with Crippen LogP contribution in [0.4, 0.5) is 4.79 Å². The van der Waals surface area contributed by atoms with E-state index in [0.29, 0.717) is 16.4 Å². The van der Waals surface area contributed by atoms with Crippen LogP contribution in [-0.2, 0) is 21.5 Å². The summed E-state index contributed by atoms with van der Waals surface area (Å²) >= 11 is 0. The van der Waals surface area contributed by atoms with Crippen LogP contribution in [0, 0.1) is 6.92 Å². The molecule has 1 aromatic heterocycles. The summed E-state index contributed by atoms with van der Waals surface area (Å²) in [5.41, 5.74) is 3.67. The smallest absolute Gasteiger partial charge is 0.339 e. The number of aromatic nitrogens is 2. The lowest BCUT2D eigenvalue weighted by Gasteiger charge is -2.22. The Labute approximate surface area is 178 Å². The molecule has 0 unspecified atom stereocenters. The molecular weight excluding hydrogens is 398 g/mol. The quantitative estimate of drug-likeness (QED) is 0.593. The third-order valence-electron chi connectivity index (χ3n) is 5.12. The van der Waals surface area contributed by atoms with Crippen LogP contribution in [-0.4, -0.2) is 33.0 Å². The maximum atomic E-state index is 12.8. The fraction of sp³-hybridized carbons (Fsp3) is 0.227.